The Kier molecular flexibility index (Phi) is 5.68. The van der Waals surface area contributed by atoms with Crippen LogP contribution in [0.4, 0.5) is 4.79 Å². The maximum absolute atomic E-state index is 11.9. The van der Waals surface area contributed by atoms with Crippen molar-refractivity contribution in [2.45, 2.75) is 52.5 Å². The Morgan fingerprint density at radius 3 is 2.67 bits per heavy atom. The number of carbonyl (C=O) groups excluding carboxylic acids is 2. The predicted molar refractivity (Wildman–Crippen MR) is 68.9 cm³/mol. The Morgan fingerprint density at radius 2 is 2.06 bits per heavy atom. The maximum Gasteiger partial charge on any atom is 0.337 e. The van der Waals surface area contributed by atoms with Gasteiger partial charge in [-0.2, -0.15) is 0 Å². The largest absolute Gasteiger partial charge is 0.463 e. The van der Waals surface area contributed by atoms with Crippen molar-refractivity contribution < 1.29 is 14.3 Å². The van der Waals surface area contributed by atoms with Crippen molar-refractivity contribution in [1.29, 1.82) is 0 Å². The zero-order chi connectivity index (χ0) is 13.5. The van der Waals surface area contributed by atoms with E-state index in [9.17, 15) is 9.59 Å². The third-order valence-corrected chi connectivity index (χ3v) is 2.90. The zero-order valence-electron chi connectivity index (χ0n) is 11.3. The number of amides is 2. The molecule has 0 aromatic heterocycles. The fourth-order valence-electron chi connectivity index (χ4n) is 2.03. The Labute approximate surface area is 108 Å². The van der Waals surface area contributed by atoms with Crippen LogP contribution in [0.25, 0.3) is 0 Å². The van der Waals surface area contributed by atoms with E-state index in [1.165, 1.54) is 0 Å². The number of ether oxygens (including phenoxy) is 1. The SMILES string of the molecule is CCCCCC1=C(C(=O)OCC)C(C)NC(=O)N1. The van der Waals surface area contributed by atoms with Crippen LogP contribution in [-0.2, 0) is 9.53 Å². The van der Waals surface area contributed by atoms with Crippen molar-refractivity contribution in [2.75, 3.05) is 6.61 Å². The molecule has 0 aromatic carbocycles. The van der Waals surface area contributed by atoms with E-state index in [0.29, 0.717) is 24.3 Å². The molecule has 0 aliphatic carbocycles. The number of hydrogen-bond acceptors (Lipinski definition) is 3. The van der Waals surface area contributed by atoms with Crippen molar-refractivity contribution >= 4 is 12.0 Å². The van der Waals surface area contributed by atoms with Crippen molar-refractivity contribution in [2.24, 2.45) is 0 Å². The van der Waals surface area contributed by atoms with E-state index in [1.807, 2.05) is 0 Å². The van der Waals surface area contributed by atoms with Gasteiger partial charge in [-0.05, 0) is 26.7 Å². The molecule has 2 amide bonds. The molecule has 2 N–H and O–H groups in total. The van der Waals surface area contributed by atoms with Gasteiger partial charge < -0.3 is 15.4 Å². The quantitative estimate of drug-likeness (QED) is 0.563. The molecule has 0 saturated heterocycles. The molecular weight excluding hydrogens is 232 g/mol. The molecule has 1 atom stereocenters. The standard InChI is InChI=1S/C13H22N2O3/c1-4-6-7-8-10-11(12(16)18-5-2)9(3)14-13(17)15-10/h9H,4-8H2,1-3H3,(H2,14,15,17). The van der Waals surface area contributed by atoms with Crippen LogP contribution in [-0.4, -0.2) is 24.6 Å². The predicted octanol–water partition coefficient (Wildman–Crippen LogP) is 2.09. The fraction of sp³-hybridized carbons (Fsp3) is 0.692. The molecule has 1 rings (SSSR count). The summed E-state index contributed by atoms with van der Waals surface area (Å²) in [4.78, 5) is 23.3. The topological polar surface area (TPSA) is 67.4 Å². The van der Waals surface area contributed by atoms with Crippen LogP contribution in [0.15, 0.2) is 11.3 Å². The zero-order valence-corrected chi connectivity index (χ0v) is 11.3. The summed E-state index contributed by atoms with van der Waals surface area (Å²) in [7, 11) is 0. The first-order chi connectivity index (χ1) is 8.60. The minimum atomic E-state index is -0.344. The molecule has 0 fully saturated rings. The normalized spacial score (nSPS) is 19.3. The number of urea groups is 1. The summed E-state index contributed by atoms with van der Waals surface area (Å²) < 4.78 is 5.04. The average Bonchev–Trinajstić information content (AvgIpc) is 2.28. The Bertz CT molecular complexity index is 350. The number of esters is 1. The second-order valence-electron chi connectivity index (χ2n) is 4.39. The lowest BCUT2D eigenvalue weighted by atomic mass is 10.0. The highest BCUT2D eigenvalue weighted by Gasteiger charge is 2.29. The molecule has 0 radical (unpaired) electrons. The Balaban J connectivity index is 2.86. The molecule has 0 saturated carbocycles. The summed E-state index contributed by atoms with van der Waals surface area (Å²) in [5.74, 6) is -0.344. The minimum Gasteiger partial charge on any atom is -0.463 e. The smallest absolute Gasteiger partial charge is 0.337 e. The van der Waals surface area contributed by atoms with Gasteiger partial charge in [-0.3, -0.25) is 0 Å². The van der Waals surface area contributed by atoms with E-state index in [4.69, 9.17) is 4.74 Å². The summed E-state index contributed by atoms with van der Waals surface area (Å²) in [6.45, 7) is 6.02. The van der Waals surface area contributed by atoms with Crippen molar-refractivity contribution in [3.8, 4) is 0 Å². The maximum atomic E-state index is 11.9. The van der Waals surface area contributed by atoms with Gasteiger partial charge in [-0.15, -0.1) is 0 Å². The van der Waals surface area contributed by atoms with Gasteiger partial charge in [-0.1, -0.05) is 19.8 Å². The first-order valence-electron chi connectivity index (χ1n) is 6.57. The number of rotatable bonds is 6. The molecule has 5 nitrogen and oxygen atoms in total. The van der Waals surface area contributed by atoms with Crippen LogP contribution in [0.3, 0.4) is 0 Å². The summed E-state index contributed by atoms with van der Waals surface area (Å²) >= 11 is 0. The molecule has 1 heterocycles. The highest BCUT2D eigenvalue weighted by atomic mass is 16.5. The van der Waals surface area contributed by atoms with Gasteiger partial charge in [0.1, 0.15) is 0 Å². The van der Waals surface area contributed by atoms with Gasteiger partial charge in [-0.25, -0.2) is 9.59 Å². The van der Waals surface area contributed by atoms with Gasteiger partial charge in [0.15, 0.2) is 0 Å². The lowest BCUT2D eigenvalue weighted by molar-refractivity contribution is -0.139. The third kappa shape index (κ3) is 3.75. The summed E-state index contributed by atoms with van der Waals surface area (Å²) in [5.41, 5.74) is 1.26. The van der Waals surface area contributed by atoms with Gasteiger partial charge in [0.05, 0.1) is 18.2 Å². The second kappa shape index (κ2) is 7.03. The van der Waals surface area contributed by atoms with Crippen LogP contribution < -0.4 is 10.6 Å². The monoisotopic (exact) mass is 254 g/mol. The number of allylic oxidation sites excluding steroid dienone is 1. The molecule has 1 aliphatic rings. The first-order valence-corrected chi connectivity index (χ1v) is 6.57. The van der Waals surface area contributed by atoms with Gasteiger partial charge in [0.2, 0.25) is 0 Å². The van der Waals surface area contributed by atoms with E-state index in [-0.39, 0.29) is 18.0 Å². The van der Waals surface area contributed by atoms with Gasteiger partial charge in [0.25, 0.3) is 0 Å². The molecule has 0 aromatic rings. The summed E-state index contributed by atoms with van der Waals surface area (Å²) in [5, 5.41) is 5.40. The van der Waals surface area contributed by atoms with Crippen LogP contribution in [0, 0.1) is 0 Å². The van der Waals surface area contributed by atoms with Crippen molar-refractivity contribution in [3.05, 3.63) is 11.3 Å². The van der Waals surface area contributed by atoms with E-state index in [0.717, 1.165) is 19.3 Å². The Hall–Kier alpha value is -1.52. The number of unbranched alkanes of at least 4 members (excludes halogenated alkanes) is 2. The second-order valence-corrected chi connectivity index (χ2v) is 4.39. The van der Waals surface area contributed by atoms with Crippen LogP contribution in [0.1, 0.15) is 46.5 Å². The number of nitrogens with one attached hydrogen (secondary N) is 2. The molecule has 0 spiro atoms. The molecular formula is C13H22N2O3. The fourth-order valence-corrected chi connectivity index (χ4v) is 2.03. The minimum absolute atomic E-state index is 0.248. The lowest BCUT2D eigenvalue weighted by Gasteiger charge is -2.26. The van der Waals surface area contributed by atoms with E-state index in [1.54, 1.807) is 13.8 Å². The third-order valence-electron chi connectivity index (χ3n) is 2.90. The highest BCUT2D eigenvalue weighted by Crippen LogP contribution is 2.19. The molecule has 0 bridgehead atoms. The molecule has 18 heavy (non-hydrogen) atoms. The molecule has 1 unspecified atom stereocenters. The van der Waals surface area contributed by atoms with Crippen LogP contribution >= 0.6 is 0 Å². The van der Waals surface area contributed by atoms with E-state index in [2.05, 4.69) is 17.6 Å². The lowest BCUT2D eigenvalue weighted by Crippen LogP contribution is -2.49. The van der Waals surface area contributed by atoms with Crippen LogP contribution in [0.2, 0.25) is 0 Å². The van der Waals surface area contributed by atoms with Crippen molar-refractivity contribution in [3.63, 3.8) is 0 Å². The highest BCUT2D eigenvalue weighted by molar-refractivity contribution is 5.94. The number of hydrogen-bond donors (Lipinski definition) is 2. The van der Waals surface area contributed by atoms with E-state index < -0.39 is 0 Å². The molecule has 1 aliphatic heterocycles. The van der Waals surface area contributed by atoms with E-state index >= 15 is 0 Å². The Morgan fingerprint density at radius 1 is 1.33 bits per heavy atom. The summed E-state index contributed by atoms with van der Waals surface area (Å²) in [6, 6.07) is -0.545. The average molecular weight is 254 g/mol. The summed E-state index contributed by atoms with van der Waals surface area (Å²) in [6.07, 6.45) is 3.85. The van der Waals surface area contributed by atoms with Crippen LogP contribution in [0.5, 0.6) is 0 Å². The number of carbonyl (C=O) groups is 2. The van der Waals surface area contributed by atoms with Crippen molar-refractivity contribution in [1.82, 2.24) is 10.6 Å². The van der Waals surface area contributed by atoms with Gasteiger partial charge in [0, 0.05) is 5.70 Å². The first kappa shape index (κ1) is 14.5. The molecule has 5 heteroatoms. The molecule has 102 valence electrons. The van der Waals surface area contributed by atoms with Gasteiger partial charge >= 0.3 is 12.0 Å².